The number of likely N-dealkylation sites (tertiary alicyclic amines) is 2. The van der Waals surface area contributed by atoms with Crippen molar-refractivity contribution < 1.29 is 0 Å². The summed E-state index contributed by atoms with van der Waals surface area (Å²) in [5.41, 5.74) is 0. The van der Waals surface area contributed by atoms with Crippen molar-refractivity contribution in [2.75, 3.05) is 26.2 Å². The van der Waals surface area contributed by atoms with Crippen molar-refractivity contribution >= 4 is 0 Å². The molecule has 0 radical (unpaired) electrons. The minimum atomic E-state index is 0.888. The van der Waals surface area contributed by atoms with Gasteiger partial charge in [0, 0.05) is 18.6 Å². The highest BCUT2D eigenvalue weighted by Crippen LogP contribution is 2.29. The van der Waals surface area contributed by atoms with E-state index in [0.29, 0.717) is 0 Å². The van der Waals surface area contributed by atoms with E-state index in [0.717, 1.165) is 12.1 Å². The highest BCUT2D eigenvalue weighted by Gasteiger charge is 2.38. The van der Waals surface area contributed by atoms with Crippen LogP contribution in [0.25, 0.3) is 0 Å². The predicted octanol–water partition coefficient (Wildman–Crippen LogP) is 1.56. The van der Waals surface area contributed by atoms with Crippen molar-refractivity contribution in [2.24, 2.45) is 0 Å². The minimum Gasteiger partial charge on any atom is -0.299 e. The summed E-state index contributed by atoms with van der Waals surface area (Å²) < 4.78 is 0. The van der Waals surface area contributed by atoms with Crippen molar-refractivity contribution in [3.05, 3.63) is 0 Å². The van der Waals surface area contributed by atoms with Crippen LogP contribution in [0.3, 0.4) is 0 Å². The molecule has 2 unspecified atom stereocenters. The summed E-state index contributed by atoms with van der Waals surface area (Å²) in [6.07, 6.45) is 4.26. The first kappa shape index (κ1) is 9.47. The van der Waals surface area contributed by atoms with E-state index in [9.17, 15) is 0 Å². The number of nitrogens with zero attached hydrogens (tertiary/aromatic N) is 2. The monoisotopic (exact) mass is 182 g/mol. The number of fused-ring (bicyclic) bond motifs is 1. The number of hydrogen-bond donors (Lipinski definition) is 0. The molecule has 0 bridgehead atoms. The van der Waals surface area contributed by atoms with Crippen LogP contribution in [-0.4, -0.2) is 48.1 Å². The molecule has 0 saturated carbocycles. The van der Waals surface area contributed by atoms with Gasteiger partial charge in [-0.05, 0) is 38.9 Å². The van der Waals surface area contributed by atoms with Crippen LogP contribution in [0, 0.1) is 0 Å². The quantitative estimate of drug-likeness (QED) is 0.639. The molecule has 76 valence electrons. The highest BCUT2D eigenvalue weighted by molar-refractivity contribution is 4.95. The maximum atomic E-state index is 2.68. The van der Waals surface area contributed by atoms with Gasteiger partial charge >= 0.3 is 0 Å². The molecule has 0 N–H and O–H groups in total. The van der Waals surface area contributed by atoms with Crippen LogP contribution in [0.4, 0.5) is 0 Å². The Bertz CT molecular complexity index is 169. The van der Waals surface area contributed by atoms with Crippen molar-refractivity contribution in [3.63, 3.8) is 0 Å². The Hall–Kier alpha value is -0.0800. The zero-order valence-electron chi connectivity index (χ0n) is 9.00. The largest absolute Gasteiger partial charge is 0.299 e. The summed E-state index contributed by atoms with van der Waals surface area (Å²) in [6, 6.07) is 1.78. The van der Waals surface area contributed by atoms with Crippen LogP contribution in [0.1, 0.15) is 33.1 Å². The van der Waals surface area contributed by atoms with Gasteiger partial charge in [0.2, 0.25) is 0 Å². The topological polar surface area (TPSA) is 6.48 Å². The third-order valence-corrected chi connectivity index (χ3v) is 3.85. The Morgan fingerprint density at radius 1 is 0.923 bits per heavy atom. The van der Waals surface area contributed by atoms with E-state index in [-0.39, 0.29) is 0 Å². The van der Waals surface area contributed by atoms with Crippen molar-refractivity contribution in [1.82, 2.24) is 9.80 Å². The van der Waals surface area contributed by atoms with Crippen molar-refractivity contribution in [2.45, 2.75) is 45.2 Å². The van der Waals surface area contributed by atoms with Gasteiger partial charge < -0.3 is 0 Å². The van der Waals surface area contributed by atoms with E-state index in [1.54, 1.807) is 0 Å². The fraction of sp³-hybridized carbons (Fsp3) is 1.00. The lowest BCUT2D eigenvalue weighted by Gasteiger charge is -2.39. The van der Waals surface area contributed by atoms with Gasteiger partial charge in [0.25, 0.3) is 0 Å². The molecule has 2 saturated heterocycles. The molecule has 2 nitrogen and oxygen atoms in total. The Labute approximate surface area is 81.9 Å². The number of rotatable bonds is 2. The fourth-order valence-corrected chi connectivity index (χ4v) is 3.16. The molecule has 0 aromatic carbocycles. The Balaban J connectivity index is 2.03. The zero-order valence-corrected chi connectivity index (χ0v) is 9.00. The van der Waals surface area contributed by atoms with E-state index in [2.05, 4.69) is 23.6 Å². The van der Waals surface area contributed by atoms with Gasteiger partial charge in [-0.2, -0.15) is 0 Å². The maximum absolute atomic E-state index is 2.68. The van der Waals surface area contributed by atoms with Crippen molar-refractivity contribution in [3.8, 4) is 0 Å². The summed E-state index contributed by atoms with van der Waals surface area (Å²) in [4.78, 5) is 5.36. The van der Waals surface area contributed by atoms with Gasteiger partial charge in [-0.1, -0.05) is 13.8 Å². The summed E-state index contributed by atoms with van der Waals surface area (Å²) in [5.74, 6) is 0. The van der Waals surface area contributed by atoms with Gasteiger partial charge in [0.1, 0.15) is 0 Å². The first-order chi connectivity index (χ1) is 6.36. The summed E-state index contributed by atoms with van der Waals surface area (Å²) >= 11 is 0. The van der Waals surface area contributed by atoms with Gasteiger partial charge in [0.15, 0.2) is 0 Å². The summed E-state index contributed by atoms with van der Waals surface area (Å²) in [6.45, 7) is 9.78. The molecular formula is C11H22N2. The molecule has 2 atom stereocenters. The predicted molar refractivity (Wildman–Crippen MR) is 55.9 cm³/mol. The second-order valence-corrected chi connectivity index (χ2v) is 4.32. The first-order valence-electron chi connectivity index (χ1n) is 5.85. The second kappa shape index (κ2) is 3.97. The molecule has 0 spiro atoms. The van der Waals surface area contributed by atoms with E-state index in [1.165, 1.54) is 45.4 Å². The van der Waals surface area contributed by atoms with Crippen LogP contribution >= 0.6 is 0 Å². The third-order valence-electron chi connectivity index (χ3n) is 3.85. The van der Waals surface area contributed by atoms with Gasteiger partial charge in [-0.25, -0.2) is 0 Å². The van der Waals surface area contributed by atoms with E-state index < -0.39 is 0 Å². The summed E-state index contributed by atoms with van der Waals surface area (Å²) in [7, 11) is 0. The average Bonchev–Trinajstić information content (AvgIpc) is 2.60. The summed E-state index contributed by atoms with van der Waals surface area (Å²) in [5, 5.41) is 0. The molecule has 0 aromatic heterocycles. The Morgan fingerprint density at radius 3 is 2.23 bits per heavy atom. The lowest BCUT2D eigenvalue weighted by molar-refractivity contribution is 0.102. The smallest absolute Gasteiger partial charge is 0.0263 e. The molecule has 2 rings (SSSR count). The molecule has 0 amide bonds. The first-order valence-corrected chi connectivity index (χ1v) is 5.85. The van der Waals surface area contributed by atoms with Gasteiger partial charge in [-0.15, -0.1) is 0 Å². The highest BCUT2D eigenvalue weighted by atomic mass is 15.3. The van der Waals surface area contributed by atoms with E-state index in [4.69, 9.17) is 0 Å². The average molecular weight is 182 g/mol. The molecule has 2 heterocycles. The van der Waals surface area contributed by atoms with Crippen LogP contribution in [0.5, 0.6) is 0 Å². The van der Waals surface area contributed by atoms with Crippen LogP contribution in [0.15, 0.2) is 0 Å². The molecule has 2 aliphatic heterocycles. The Morgan fingerprint density at radius 2 is 1.54 bits per heavy atom. The van der Waals surface area contributed by atoms with Crippen LogP contribution in [-0.2, 0) is 0 Å². The molecule has 0 aliphatic carbocycles. The number of likely N-dealkylation sites (N-methyl/N-ethyl adjacent to an activating group) is 2. The minimum absolute atomic E-state index is 0.888. The lowest BCUT2D eigenvalue weighted by Crippen LogP contribution is -2.49. The van der Waals surface area contributed by atoms with E-state index in [1.807, 2.05) is 0 Å². The molecule has 2 fully saturated rings. The molecule has 13 heavy (non-hydrogen) atoms. The molecule has 2 heteroatoms. The van der Waals surface area contributed by atoms with Gasteiger partial charge in [-0.3, -0.25) is 9.80 Å². The zero-order chi connectivity index (χ0) is 9.26. The van der Waals surface area contributed by atoms with Crippen molar-refractivity contribution in [1.29, 1.82) is 0 Å². The molecular weight excluding hydrogens is 160 g/mol. The molecule has 2 aliphatic rings. The second-order valence-electron chi connectivity index (χ2n) is 4.32. The normalized spacial score (nSPS) is 36.5. The number of hydrogen-bond acceptors (Lipinski definition) is 2. The number of piperidine rings is 1. The fourth-order valence-electron chi connectivity index (χ4n) is 3.16. The van der Waals surface area contributed by atoms with Crippen LogP contribution in [0.2, 0.25) is 0 Å². The van der Waals surface area contributed by atoms with Crippen LogP contribution < -0.4 is 0 Å². The maximum Gasteiger partial charge on any atom is 0.0263 e. The molecule has 0 aromatic rings. The third kappa shape index (κ3) is 1.62. The van der Waals surface area contributed by atoms with Gasteiger partial charge in [0.05, 0.1) is 0 Å². The lowest BCUT2D eigenvalue weighted by atomic mass is 9.97. The SMILES string of the molecule is CCN1CCCC2C1CCN2CC. The Kier molecular flexibility index (Phi) is 2.89. The standard InChI is InChI=1S/C11H22N2/c1-3-12-8-5-6-10-11(12)7-9-13(10)4-2/h10-11H,3-9H2,1-2H3. The van der Waals surface area contributed by atoms with E-state index >= 15 is 0 Å².